The first-order valence-corrected chi connectivity index (χ1v) is 9.84. The van der Waals surface area contributed by atoms with Crippen LogP contribution in [-0.4, -0.2) is 38.7 Å². The van der Waals surface area contributed by atoms with Gasteiger partial charge < -0.3 is 19.7 Å². The van der Waals surface area contributed by atoms with Gasteiger partial charge in [-0.15, -0.1) is 0 Å². The second-order valence-electron chi connectivity index (χ2n) is 6.24. The van der Waals surface area contributed by atoms with Crippen LogP contribution in [-0.2, 0) is 13.2 Å². The van der Waals surface area contributed by atoms with Crippen LogP contribution in [0.3, 0.4) is 0 Å². The van der Waals surface area contributed by atoms with Crippen LogP contribution in [0.5, 0.6) is 11.5 Å². The zero-order valence-corrected chi connectivity index (χ0v) is 17.9. The molecule has 142 valence electrons. The van der Waals surface area contributed by atoms with E-state index in [1.807, 2.05) is 37.3 Å². The lowest BCUT2D eigenvalue weighted by Gasteiger charge is -2.16. The van der Waals surface area contributed by atoms with E-state index in [-0.39, 0.29) is 0 Å². The maximum absolute atomic E-state index is 6.04. The highest BCUT2D eigenvalue weighted by atomic mass is 79.9. The topological polar surface area (TPSA) is 33.7 Å². The van der Waals surface area contributed by atoms with Crippen molar-refractivity contribution >= 4 is 27.5 Å². The molecule has 0 saturated heterocycles. The van der Waals surface area contributed by atoms with Crippen LogP contribution in [0.2, 0.25) is 5.02 Å². The minimum Gasteiger partial charge on any atom is -0.490 e. The minimum atomic E-state index is 0.430. The lowest BCUT2D eigenvalue weighted by Crippen LogP contribution is -2.26. The average molecular weight is 442 g/mol. The summed E-state index contributed by atoms with van der Waals surface area (Å²) in [7, 11) is 4.13. The molecule has 0 bridgehead atoms. The van der Waals surface area contributed by atoms with E-state index >= 15 is 0 Å². The van der Waals surface area contributed by atoms with E-state index in [2.05, 4.69) is 46.3 Å². The molecule has 0 heterocycles. The molecule has 0 spiro atoms. The average Bonchev–Trinajstić information content (AvgIpc) is 2.58. The van der Waals surface area contributed by atoms with E-state index in [0.717, 1.165) is 41.0 Å². The number of ether oxygens (including phenoxy) is 2. The standard InChI is InChI=1S/C20H26BrClN2O2/c1-4-25-19-12-16(13-23-8-9-24(2)3)11-18(21)20(19)26-14-15-6-5-7-17(22)10-15/h5-7,10-12,23H,4,8-9,13-14H2,1-3H3. The number of halogens is 2. The molecule has 0 aliphatic heterocycles. The Kier molecular flexibility index (Phi) is 8.72. The fraction of sp³-hybridized carbons (Fsp3) is 0.400. The van der Waals surface area contributed by atoms with Crippen molar-refractivity contribution in [1.82, 2.24) is 10.2 Å². The zero-order valence-electron chi connectivity index (χ0n) is 15.5. The Labute approximate surface area is 169 Å². The summed E-state index contributed by atoms with van der Waals surface area (Å²) in [5, 5.41) is 4.14. The van der Waals surface area contributed by atoms with E-state index < -0.39 is 0 Å². The van der Waals surface area contributed by atoms with Crippen LogP contribution in [0.15, 0.2) is 40.9 Å². The van der Waals surface area contributed by atoms with Gasteiger partial charge >= 0.3 is 0 Å². The van der Waals surface area contributed by atoms with E-state index in [1.54, 1.807) is 0 Å². The lowest BCUT2D eigenvalue weighted by molar-refractivity contribution is 0.267. The van der Waals surface area contributed by atoms with Crippen LogP contribution < -0.4 is 14.8 Å². The molecule has 2 aromatic rings. The Morgan fingerprint density at radius 3 is 2.62 bits per heavy atom. The van der Waals surface area contributed by atoms with Crippen molar-refractivity contribution in [2.75, 3.05) is 33.8 Å². The molecule has 26 heavy (non-hydrogen) atoms. The maximum atomic E-state index is 6.04. The summed E-state index contributed by atoms with van der Waals surface area (Å²) in [5.41, 5.74) is 2.16. The van der Waals surface area contributed by atoms with Crippen molar-refractivity contribution in [3.05, 3.63) is 57.0 Å². The number of likely N-dealkylation sites (N-methyl/N-ethyl adjacent to an activating group) is 1. The number of hydrogen-bond acceptors (Lipinski definition) is 4. The van der Waals surface area contributed by atoms with Crippen molar-refractivity contribution in [3.8, 4) is 11.5 Å². The van der Waals surface area contributed by atoms with Crippen molar-refractivity contribution < 1.29 is 9.47 Å². The molecule has 0 atom stereocenters. The van der Waals surface area contributed by atoms with Gasteiger partial charge in [0.2, 0.25) is 0 Å². The fourth-order valence-corrected chi connectivity index (χ4v) is 3.26. The summed E-state index contributed by atoms with van der Waals surface area (Å²) in [5.74, 6) is 1.46. The second-order valence-corrected chi connectivity index (χ2v) is 7.53. The van der Waals surface area contributed by atoms with Gasteiger partial charge in [-0.25, -0.2) is 0 Å². The van der Waals surface area contributed by atoms with Crippen LogP contribution >= 0.6 is 27.5 Å². The summed E-state index contributed by atoms with van der Waals surface area (Å²) in [4.78, 5) is 2.15. The molecule has 2 rings (SSSR count). The van der Waals surface area contributed by atoms with Crippen molar-refractivity contribution in [2.45, 2.75) is 20.1 Å². The van der Waals surface area contributed by atoms with Crippen molar-refractivity contribution in [1.29, 1.82) is 0 Å². The van der Waals surface area contributed by atoms with Crippen LogP contribution in [0.4, 0.5) is 0 Å². The lowest BCUT2D eigenvalue weighted by atomic mass is 10.2. The third-order valence-electron chi connectivity index (χ3n) is 3.71. The highest BCUT2D eigenvalue weighted by Crippen LogP contribution is 2.37. The Morgan fingerprint density at radius 1 is 1.12 bits per heavy atom. The molecule has 0 saturated carbocycles. The zero-order chi connectivity index (χ0) is 18.9. The van der Waals surface area contributed by atoms with Gasteiger partial charge in [-0.2, -0.15) is 0 Å². The van der Waals surface area contributed by atoms with Crippen LogP contribution in [0, 0.1) is 0 Å². The largest absolute Gasteiger partial charge is 0.490 e. The number of nitrogens with one attached hydrogen (secondary N) is 1. The van der Waals surface area contributed by atoms with Gasteiger partial charge in [-0.05, 0) is 72.3 Å². The molecule has 0 fully saturated rings. The molecule has 0 amide bonds. The molecule has 0 radical (unpaired) electrons. The molecule has 2 aromatic carbocycles. The van der Waals surface area contributed by atoms with Gasteiger partial charge in [-0.1, -0.05) is 23.7 Å². The third kappa shape index (κ3) is 6.80. The molecule has 4 nitrogen and oxygen atoms in total. The summed E-state index contributed by atoms with van der Waals surface area (Å²) < 4.78 is 12.7. The highest BCUT2D eigenvalue weighted by molar-refractivity contribution is 9.10. The van der Waals surface area contributed by atoms with Gasteiger partial charge in [-0.3, -0.25) is 0 Å². The Morgan fingerprint density at radius 2 is 1.92 bits per heavy atom. The highest BCUT2D eigenvalue weighted by Gasteiger charge is 2.13. The van der Waals surface area contributed by atoms with E-state index in [4.69, 9.17) is 21.1 Å². The number of benzene rings is 2. The predicted molar refractivity (Wildman–Crippen MR) is 111 cm³/mol. The molecular weight excluding hydrogens is 416 g/mol. The summed E-state index contributed by atoms with van der Waals surface area (Å²) >= 11 is 9.66. The first-order chi connectivity index (χ1) is 12.5. The normalized spacial score (nSPS) is 11.0. The molecule has 0 aromatic heterocycles. The van der Waals surface area contributed by atoms with Crippen LogP contribution in [0.25, 0.3) is 0 Å². The van der Waals surface area contributed by atoms with Gasteiger partial charge in [0, 0.05) is 24.7 Å². The summed E-state index contributed by atoms with van der Waals surface area (Å²) in [6, 6.07) is 11.8. The Hall–Kier alpha value is -1.27. The van der Waals surface area contributed by atoms with Gasteiger partial charge in [0.05, 0.1) is 11.1 Å². The quantitative estimate of drug-likeness (QED) is 0.540. The number of hydrogen-bond donors (Lipinski definition) is 1. The summed E-state index contributed by atoms with van der Waals surface area (Å²) in [6.45, 7) is 5.69. The molecule has 1 N–H and O–H groups in total. The van der Waals surface area contributed by atoms with Gasteiger partial charge in [0.25, 0.3) is 0 Å². The monoisotopic (exact) mass is 440 g/mol. The smallest absolute Gasteiger partial charge is 0.175 e. The first kappa shape index (κ1) is 21.0. The predicted octanol–water partition coefficient (Wildman–Crippen LogP) is 4.73. The van der Waals surface area contributed by atoms with E-state index in [9.17, 15) is 0 Å². The fourth-order valence-electron chi connectivity index (χ4n) is 2.44. The number of nitrogens with zero attached hydrogens (tertiary/aromatic N) is 1. The SMILES string of the molecule is CCOc1cc(CNCCN(C)C)cc(Br)c1OCc1cccc(Cl)c1. The van der Waals surface area contributed by atoms with Gasteiger partial charge in [0.15, 0.2) is 11.5 Å². The van der Waals surface area contributed by atoms with Crippen molar-refractivity contribution in [3.63, 3.8) is 0 Å². The minimum absolute atomic E-state index is 0.430. The summed E-state index contributed by atoms with van der Waals surface area (Å²) in [6.07, 6.45) is 0. The number of rotatable bonds is 10. The Balaban J connectivity index is 2.07. The molecular formula is C20H26BrClN2O2. The molecule has 0 aliphatic rings. The van der Waals surface area contributed by atoms with Crippen LogP contribution in [0.1, 0.15) is 18.1 Å². The van der Waals surface area contributed by atoms with Crippen molar-refractivity contribution in [2.24, 2.45) is 0 Å². The molecule has 0 aliphatic carbocycles. The maximum Gasteiger partial charge on any atom is 0.175 e. The Bertz CT molecular complexity index is 710. The first-order valence-electron chi connectivity index (χ1n) is 8.67. The van der Waals surface area contributed by atoms with E-state index in [1.165, 1.54) is 0 Å². The van der Waals surface area contributed by atoms with Gasteiger partial charge in [0.1, 0.15) is 6.61 Å². The van der Waals surface area contributed by atoms with E-state index in [0.29, 0.717) is 24.0 Å². The third-order valence-corrected chi connectivity index (χ3v) is 4.53. The molecule has 6 heteroatoms. The second kappa shape index (κ2) is 10.8. The molecule has 0 unspecified atom stereocenters.